The molecule has 0 atom stereocenters. The molecule has 17 rings (SSSR count). The van der Waals surface area contributed by atoms with Crippen molar-refractivity contribution in [2.75, 3.05) is 0 Å². The van der Waals surface area contributed by atoms with Crippen molar-refractivity contribution in [3.8, 4) is 0 Å². The smallest absolute Gasteiger partial charge is 0.115 e. The Kier molecular flexibility index (Phi) is 88.8. The summed E-state index contributed by atoms with van der Waals surface area (Å²) in [6.45, 7) is 51.1. The Hall–Kier alpha value is -14.8. The van der Waals surface area contributed by atoms with Gasteiger partial charge >= 0.3 is 0 Å². The molecule has 0 saturated carbocycles. The molecule has 0 radical (unpaired) electrons. The van der Waals surface area contributed by atoms with Crippen molar-refractivity contribution in [2.24, 2.45) is 0 Å². The number of hydrogen-bond donors (Lipinski definition) is 0. The molecule has 16 N–H and O–H groups in total. The van der Waals surface area contributed by atoms with Crippen molar-refractivity contribution in [1.29, 1.82) is 0 Å². The lowest BCUT2D eigenvalue weighted by Crippen LogP contribution is -1.81. The van der Waals surface area contributed by atoms with Crippen LogP contribution in [-0.4, -0.2) is 134 Å². The Balaban J connectivity index is -0.000000211. The molecular weight excluding hydrogens is 1690 g/mol. The Morgan fingerprint density at radius 3 is 0.437 bits per heavy atom. The first-order chi connectivity index (χ1) is 61.0. The maximum absolute atomic E-state index is 4.08. The second-order valence-corrected chi connectivity index (χ2v) is 29.0. The largest absolute Gasteiger partial charge is 0.412 e. The Morgan fingerprint density at radius 2 is 0.333 bits per heavy atom. The zero-order chi connectivity index (χ0) is 93.9. The molecule has 135 heavy (non-hydrogen) atoms. The summed E-state index contributed by atoms with van der Waals surface area (Å²) in [6.07, 6.45) is 54.0. The van der Waals surface area contributed by atoms with Gasteiger partial charge in [-0.05, 0) is 424 Å². The molecule has 0 aliphatic rings. The van der Waals surface area contributed by atoms with E-state index in [1.165, 1.54) is 118 Å². The molecule has 17 aromatic heterocycles. The first-order valence-corrected chi connectivity index (χ1v) is 41.7. The topological polar surface area (TPSA) is 484 Å². The Morgan fingerprint density at radius 1 is 0.126 bits per heavy atom. The molecule has 0 aliphatic heterocycles. The van der Waals surface area contributed by atoms with Gasteiger partial charge in [-0.15, -0.1) is 0 Å². The molecule has 17 aromatic rings. The molecule has 0 spiro atoms. The van der Waals surface area contributed by atoms with E-state index in [9.17, 15) is 0 Å². The van der Waals surface area contributed by atoms with Crippen LogP contribution >= 0.6 is 0 Å². The normalized spacial score (nSPS) is 8.45. The minimum absolute atomic E-state index is 0. The average Bonchev–Trinajstić information content (AvgIpc) is 0.957. The number of nitrogens with zero attached hydrogens (tertiary/aromatic N) is 18. The van der Waals surface area contributed by atoms with Crippen LogP contribution in [0, 0.1) is 173 Å². The van der Waals surface area contributed by atoms with E-state index >= 15 is 0 Å². The summed E-state index contributed by atoms with van der Waals surface area (Å²) < 4.78 is 0. The third-order valence-corrected chi connectivity index (χ3v) is 17.7. The van der Waals surface area contributed by atoms with Crippen molar-refractivity contribution in [2.45, 2.75) is 173 Å². The van der Waals surface area contributed by atoms with Gasteiger partial charge in [0.15, 0.2) is 0 Å². The van der Waals surface area contributed by atoms with Gasteiger partial charge in [0.25, 0.3) is 0 Å². The third kappa shape index (κ3) is 77.6. The molecule has 0 bridgehead atoms. The van der Waals surface area contributed by atoms with Crippen LogP contribution in [0.1, 0.15) is 140 Å². The van der Waals surface area contributed by atoms with Gasteiger partial charge in [-0.2, -0.15) is 0 Å². The summed E-state index contributed by atoms with van der Waals surface area (Å²) in [6, 6.07) is 57.3. The number of rotatable bonds is 0. The minimum atomic E-state index is 0. The quantitative estimate of drug-likeness (QED) is 0.136. The highest BCUT2D eigenvalue weighted by Gasteiger charge is 1.92. The van der Waals surface area contributed by atoms with Crippen LogP contribution in [0.2, 0.25) is 0 Å². The van der Waals surface area contributed by atoms with Gasteiger partial charge in [0.1, 0.15) is 6.33 Å². The lowest BCUT2D eigenvalue weighted by atomic mass is 10.2. The van der Waals surface area contributed by atoms with Crippen LogP contribution in [0.5, 0.6) is 0 Å². The van der Waals surface area contributed by atoms with Crippen molar-refractivity contribution in [3.63, 3.8) is 0 Å². The van der Waals surface area contributed by atoms with E-state index in [2.05, 4.69) is 199 Å². The maximum Gasteiger partial charge on any atom is 0.115 e. The fourth-order valence-electron chi connectivity index (χ4n) is 8.24. The molecule has 0 unspecified atom stereocenters. The highest BCUT2D eigenvalue weighted by atomic mass is 16.0. The van der Waals surface area contributed by atoms with E-state index in [0.29, 0.717) is 0 Å². The average molecular weight is 1840 g/mol. The lowest BCUT2D eigenvalue weighted by Gasteiger charge is -1.92. The Labute approximate surface area is 803 Å². The predicted molar refractivity (Wildman–Crippen MR) is 557 cm³/mol. The monoisotopic (exact) mass is 1840 g/mol. The van der Waals surface area contributed by atoms with Gasteiger partial charge in [-0.3, -0.25) is 79.7 Å². The third-order valence-electron chi connectivity index (χ3n) is 17.7. The molecule has 17 heterocycles. The molecule has 0 fully saturated rings. The minimum Gasteiger partial charge on any atom is -0.412 e. The van der Waals surface area contributed by atoms with Crippen molar-refractivity contribution < 1.29 is 43.8 Å². The zero-order valence-electron chi connectivity index (χ0n) is 83.6. The van der Waals surface area contributed by atoms with Gasteiger partial charge in [-0.25, -0.2) is 9.97 Å². The number of hydrogen-bond acceptors (Lipinski definition) is 18. The highest BCUT2D eigenvalue weighted by Crippen LogP contribution is 2.07. The predicted octanol–water partition coefficient (Wildman–Crippen LogP) is 18.9. The summed E-state index contributed by atoms with van der Waals surface area (Å²) in [7, 11) is 0. The molecule has 0 aromatic carbocycles. The summed E-state index contributed by atoms with van der Waals surface area (Å²) in [5.41, 5.74) is 30.7. The van der Waals surface area contributed by atoms with E-state index < -0.39 is 0 Å². The molecule has 0 aliphatic carbocycles. The molecule has 0 amide bonds. The van der Waals surface area contributed by atoms with E-state index in [4.69, 9.17) is 0 Å². The molecule has 26 heteroatoms. The fraction of sp³-hybridized carbons (Fsp3) is 0.229. The summed E-state index contributed by atoms with van der Waals surface area (Å²) >= 11 is 0. The SMILES string of the molecule is Cc1ccccn1.Cc1ccccn1.Cc1cccnc1.Cc1cccnc1.Cc1cccnc1C.Cc1cccnc1C.Cc1ccncc1.Cc1ccncc1.Cc1ccncc1.Cc1ccncc1.Cc1ccncc1C.Cc1ccncc1C.Cc1ccncc1C.Cc1ccncc1C.Cc1ccncc1C.Cc1ccncc1C.Cc1ccncn1.O.O.O.O.O.O.O.O. The molecular formula is C109H150N18O8. The van der Waals surface area contributed by atoms with Gasteiger partial charge < -0.3 is 43.8 Å². The lowest BCUT2D eigenvalue weighted by molar-refractivity contribution is 0.823. The fourth-order valence-corrected chi connectivity index (χ4v) is 8.24. The van der Waals surface area contributed by atoms with Crippen molar-refractivity contribution >= 4 is 0 Å². The van der Waals surface area contributed by atoms with Crippen LogP contribution in [0.15, 0.2) is 362 Å². The van der Waals surface area contributed by atoms with Crippen LogP contribution in [-0.2, 0) is 0 Å². The van der Waals surface area contributed by atoms with Crippen LogP contribution < -0.4 is 0 Å². The van der Waals surface area contributed by atoms with Crippen LogP contribution in [0.3, 0.4) is 0 Å². The molecule has 724 valence electrons. The number of aryl methyl sites for hydroxylation is 25. The van der Waals surface area contributed by atoms with Crippen LogP contribution in [0.4, 0.5) is 0 Å². The first-order valence-electron chi connectivity index (χ1n) is 41.7. The number of pyridine rings is 16. The first kappa shape index (κ1) is 136. The van der Waals surface area contributed by atoms with Gasteiger partial charge in [0, 0.05) is 208 Å². The summed E-state index contributed by atoms with van der Waals surface area (Å²) in [4.78, 5) is 70.5. The van der Waals surface area contributed by atoms with Crippen molar-refractivity contribution in [1.82, 2.24) is 89.7 Å². The van der Waals surface area contributed by atoms with Gasteiger partial charge in [0.05, 0.1) is 0 Å². The van der Waals surface area contributed by atoms with Crippen molar-refractivity contribution in [3.05, 3.63) is 502 Å². The zero-order valence-corrected chi connectivity index (χ0v) is 83.6. The highest BCUT2D eigenvalue weighted by molar-refractivity contribution is 5.24. The van der Waals surface area contributed by atoms with E-state index in [0.717, 1.165) is 28.5 Å². The van der Waals surface area contributed by atoms with Gasteiger partial charge in [0.2, 0.25) is 0 Å². The molecule has 0 saturated heterocycles. The second-order valence-electron chi connectivity index (χ2n) is 29.0. The van der Waals surface area contributed by atoms with Crippen LogP contribution in [0.25, 0.3) is 0 Å². The second kappa shape index (κ2) is 88.4. The molecule has 26 nitrogen and oxygen atoms in total. The van der Waals surface area contributed by atoms with Gasteiger partial charge in [-0.1, -0.05) is 36.4 Å². The number of aromatic nitrogens is 18. The standard InChI is InChI=1S/8C7H9N.8C6H7N.C5H6N2.8H2O/c6*1-6-3-4-8-5-7(6)2;2*1-6-4-3-5-8-7(6)2;4*1-6-2-4-7-5-3-6;2*1-6-3-2-4-7-5-6;2*1-6-4-2-3-5-7-6;1-5-2-3-6-4-7-5;;;;;;;;/h8*3-5H,1-2H3;8*2-5H,1H3;2-4H,1H3;8*1H2. The van der Waals surface area contributed by atoms with E-state index in [-0.39, 0.29) is 43.8 Å². The summed E-state index contributed by atoms with van der Waals surface area (Å²) in [5, 5.41) is 0. The summed E-state index contributed by atoms with van der Waals surface area (Å²) in [5.74, 6) is 0. The maximum atomic E-state index is 4.08. The Bertz CT molecular complexity index is 4280. The van der Waals surface area contributed by atoms with E-state index in [1.807, 2.05) is 339 Å². The van der Waals surface area contributed by atoms with E-state index in [1.54, 1.807) is 80.6 Å².